The van der Waals surface area contributed by atoms with Crippen LogP contribution in [0, 0.1) is 10.8 Å². The number of methoxy groups -OCH3 is 1. The molecule has 3 aliphatic rings. The minimum atomic E-state index is -0.433. The molecule has 0 aliphatic carbocycles. The molecule has 1 unspecified atom stereocenters. The van der Waals surface area contributed by atoms with Gasteiger partial charge in [-0.2, -0.15) is 0 Å². The van der Waals surface area contributed by atoms with Gasteiger partial charge in [-0.1, -0.05) is 0 Å². The molecule has 5 rings (SSSR count). The quantitative estimate of drug-likeness (QED) is 0.714. The average molecular weight is 450 g/mol. The second-order valence-electron chi connectivity index (χ2n) is 9.42. The Balaban J connectivity index is 1.39. The van der Waals surface area contributed by atoms with Gasteiger partial charge >= 0.3 is 0 Å². The molecule has 0 bridgehead atoms. The van der Waals surface area contributed by atoms with Crippen LogP contribution in [-0.2, 0) is 4.79 Å². The number of hydrogen-bond acceptors (Lipinski definition) is 6. The van der Waals surface area contributed by atoms with Crippen molar-refractivity contribution in [2.24, 2.45) is 10.8 Å². The molecule has 8 nitrogen and oxygen atoms in total. The zero-order chi connectivity index (χ0) is 23.1. The molecular weight excluding hydrogens is 418 g/mol. The second-order valence-corrected chi connectivity index (χ2v) is 9.42. The summed E-state index contributed by atoms with van der Waals surface area (Å²) in [5.41, 5.74) is 0.0581. The first-order chi connectivity index (χ1) is 16.0. The summed E-state index contributed by atoms with van der Waals surface area (Å²) in [6.45, 7) is 6.29. The molecule has 3 aliphatic heterocycles. The summed E-state index contributed by atoms with van der Waals surface area (Å²) < 4.78 is 5.21. The Bertz CT molecular complexity index is 1020. The van der Waals surface area contributed by atoms with Crippen LogP contribution in [0.2, 0.25) is 0 Å². The Morgan fingerprint density at radius 2 is 1.73 bits per heavy atom. The number of likely N-dealkylation sites (tertiary alicyclic amines) is 2. The molecular formula is C25H31N5O3. The number of piperidine rings is 1. The molecule has 2 aromatic rings. The largest absolute Gasteiger partial charge is 0.497 e. The van der Waals surface area contributed by atoms with E-state index in [2.05, 4.69) is 14.9 Å². The number of ether oxygens (including phenoxy) is 1. The smallest absolute Gasteiger partial charge is 0.253 e. The van der Waals surface area contributed by atoms with Gasteiger partial charge < -0.3 is 19.4 Å². The van der Waals surface area contributed by atoms with Crippen molar-refractivity contribution in [2.75, 3.05) is 51.3 Å². The van der Waals surface area contributed by atoms with Crippen LogP contribution in [0.15, 0.2) is 42.7 Å². The van der Waals surface area contributed by atoms with Crippen LogP contribution < -0.4 is 9.64 Å². The van der Waals surface area contributed by atoms with E-state index < -0.39 is 5.41 Å². The maximum Gasteiger partial charge on any atom is 0.253 e. The summed E-state index contributed by atoms with van der Waals surface area (Å²) in [7, 11) is 1.62. The lowest BCUT2D eigenvalue weighted by Crippen LogP contribution is -2.53. The maximum atomic E-state index is 13.7. The summed E-state index contributed by atoms with van der Waals surface area (Å²) in [4.78, 5) is 41.9. The Labute approximate surface area is 194 Å². The van der Waals surface area contributed by atoms with E-state index in [-0.39, 0.29) is 17.2 Å². The summed E-state index contributed by atoms with van der Waals surface area (Å²) in [5.74, 6) is 1.72. The lowest BCUT2D eigenvalue weighted by Gasteiger charge is -2.46. The van der Waals surface area contributed by atoms with Crippen molar-refractivity contribution in [1.82, 2.24) is 19.8 Å². The van der Waals surface area contributed by atoms with Gasteiger partial charge in [-0.25, -0.2) is 9.97 Å². The third-order valence-electron chi connectivity index (χ3n) is 8.04. The molecule has 1 aromatic carbocycles. The van der Waals surface area contributed by atoms with Crippen LogP contribution in [0.25, 0.3) is 0 Å². The highest BCUT2D eigenvalue weighted by Crippen LogP contribution is 2.58. The summed E-state index contributed by atoms with van der Waals surface area (Å²) in [6, 6.07) is 9.08. The zero-order valence-electron chi connectivity index (χ0n) is 19.4. The maximum absolute atomic E-state index is 13.7. The predicted octanol–water partition coefficient (Wildman–Crippen LogP) is 2.47. The van der Waals surface area contributed by atoms with Gasteiger partial charge in [-0.05, 0) is 56.5 Å². The number of amides is 2. The van der Waals surface area contributed by atoms with Gasteiger partial charge in [0.2, 0.25) is 11.9 Å². The van der Waals surface area contributed by atoms with Crippen molar-refractivity contribution in [1.29, 1.82) is 0 Å². The van der Waals surface area contributed by atoms with Gasteiger partial charge in [0.1, 0.15) is 5.75 Å². The molecule has 1 atom stereocenters. The molecule has 174 valence electrons. The number of carbonyl (C=O) groups is 2. The van der Waals surface area contributed by atoms with Gasteiger partial charge in [-0.15, -0.1) is 0 Å². The molecule has 8 heteroatoms. The first-order valence-corrected chi connectivity index (χ1v) is 11.8. The standard InChI is InChI=1S/C25H31N5O3/c1-3-28-16-11-25(22(28)32)18-30(23-26-12-4-13-27-23)17-24(25)9-14-29(15-10-24)21(31)19-5-7-20(33-2)8-6-19/h4-8,12-13H,3,9-11,14-18H2,1-2H3. The van der Waals surface area contributed by atoms with Gasteiger partial charge in [0.05, 0.1) is 12.5 Å². The molecule has 0 radical (unpaired) electrons. The number of benzene rings is 1. The topological polar surface area (TPSA) is 78.9 Å². The molecule has 1 aromatic heterocycles. The van der Waals surface area contributed by atoms with Crippen molar-refractivity contribution in [2.45, 2.75) is 26.2 Å². The molecule has 4 heterocycles. The first kappa shape index (κ1) is 21.7. The van der Waals surface area contributed by atoms with Crippen LogP contribution in [0.5, 0.6) is 5.75 Å². The van der Waals surface area contributed by atoms with Crippen molar-refractivity contribution in [3.63, 3.8) is 0 Å². The summed E-state index contributed by atoms with van der Waals surface area (Å²) in [5, 5.41) is 0. The lowest BCUT2D eigenvalue weighted by atomic mass is 9.60. The fraction of sp³-hybridized carbons (Fsp3) is 0.520. The van der Waals surface area contributed by atoms with E-state index in [4.69, 9.17) is 4.74 Å². The van der Waals surface area contributed by atoms with E-state index >= 15 is 0 Å². The normalized spacial score (nSPS) is 24.2. The minimum Gasteiger partial charge on any atom is -0.497 e. The van der Waals surface area contributed by atoms with E-state index in [1.165, 1.54) is 0 Å². The predicted molar refractivity (Wildman–Crippen MR) is 124 cm³/mol. The highest BCUT2D eigenvalue weighted by atomic mass is 16.5. The van der Waals surface area contributed by atoms with Crippen molar-refractivity contribution < 1.29 is 14.3 Å². The van der Waals surface area contributed by atoms with Crippen LogP contribution in [0.1, 0.15) is 36.5 Å². The van der Waals surface area contributed by atoms with Crippen LogP contribution in [0.3, 0.4) is 0 Å². The van der Waals surface area contributed by atoms with Gasteiger partial charge in [0, 0.05) is 62.6 Å². The first-order valence-electron chi connectivity index (χ1n) is 11.8. The number of aromatic nitrogens is 2. The molecule has 2 amide bonds. The Hall–Kier alpha value is -3.16. The summed E-state index contributed by atoms with van der Waals surface area (Å²) >= 11 is 0. The molecule has 33 heavy (non-hydrogen) atoms. The van der Waals surface area contributed by atoms with Crippen LogP contribution in [-0.4, -0.2) is 78.0 Å². The SMILES string of the molecule is CCN1CCC2(CN(c3ncccn3)CC23CCN(C(=O)c2ccc(OC)cc2)CC3)C1=O. The summed E-state index contributed by atoms with van der Waals surface area (Å²) in [6.07, 6.45) is 5.98. The average Bonchev–Trinajstić information content (AvgIpc) is 3.37. The molecule has 0 saturated carbocycles. The highest BCUT2D eigenvalue weighted by molar-refractivity contribution is 5.94. The fourth-order valence-electron chi connectivity index (χ4n) is 6.13. The monoisotopic (exact) mass is 449 g/mol. The minimum absolute atomic E-state index is 0.0377. The Morgan fingerprint density at radius 1 is 1.03 bits per heavy atom. The van der Waals surface area contributed by atoms with E-state index in [1.54, 1.807) is 19.5 Å². The van der Waals surface area contributed by atoms with Crippen LogP contribution in [0.4, 0.5) is 5.95 Å². The highest BCUT2D eigenvalue weighted by Gasteiger charge is 2.65. The Kier molecular flexibility index (Phi) is 5.46. The van der Waals surface area contributed by atoms with Crippen molar-refractivity contribution >= 4 is 17.8 Å². The van der Waals surface area contributed by atoms with E-state index in [1.807, 2.05) is 47.1 Å². The van der Waals surface area contributed by atoms with Crippen molar-refractivity contribution in [3.05, 3.63) is 48.3 Å². The molecule has 0 N–H and O–H groups in total. The van der Waals surface area contributed by atoms with E-state index in [0.717, 1.165) is 44.6 Å². The third-order valence-corrected chi connectivity index (χ3v) is 8.04. The van der Waals surface area contributed by atoms with Crippen molar-refractivity contribution in [3.8, 4) is 5.75 Å². The van der Waals surface area contributed by atoms with Crippen LogP contribution >= 0.6 is 0 Å². The van der Waals surface area contributed by atoms with E-state index in [9.17, 15) is 9.59 Å². The van der Waals surface area contributed by atoms with Gasteiger partial charge in [0.15, 0.2) is 0 Å². The second kappa shape index (κ2) is 8.32. The number of carbonyl (C=O) groups excluding carboxylic acids is 2. The number of anilines is 1. The van der Waals surface area contributed by atoms with Gasteiger partial charge in [0.25, 0.3) is 5.91 Å². The Morgan fingerprint density at radius 3 is 2.33 bits per heavy atom. The fourth-order valence-corrected chi connectivity index (χ4v) is 6.13. The van der Waals surface area contributed by atoms with E-state index in [0.29, 0.717) is 31.1 Å². The molecule has 3 saturated heterocycles. The number of nitrogens with zero attached hydrogens (tertiary/aromatic N) is 5. The molecule has 3 fully saturated rings. The number of hydrogen-bond donors (Lipinski definition) is 0. The van der Waals surface area contributed by atoms with Gasteiger partial charge in [-0.3, -0.25) is 9.59 Å². The molecule has 2 spiro atoms. The third kappa shape index (κ3) is 3.43. The zero-order valence-corrected chi connectivity index (χ0v) is 19.4. The lowest BCUT2D eigenvalue weighted by molar-refractivity contribution is -0.141. The number of fused-ring (bicyclic) bond motifs is 1. The number of rotatable bonds is 4.